The Kier molecular flexibility index (Phi) is 10.2. The van der Waals surface area contributed by atoms with Crippen LogP contribution in [0.5, 0.6) is 23.0 Å². The van der Waals surface area contributed by atoms with E-state index in [4.69, 9.17) is 18.9 Å². The number of hydrogen-bond acceptors (Lipinski definition) is 6. The van der Waals surface area contributed by atoms with Crippen molar-refractivity contribution in [1.29, 1.82) is 0 Å². The summed E-state index contributed by atoms with van der Waals surface area (Å²) in [5, 5.41) is 7.12. The molecule has 0 aliphatic carbocycles. The molecule has 2 fully saturated rings. The smallest absolute Gasteiger partial charge is 0.123 e. The Morgan fingerprint density at radius 2 is 0.971 bits per heavy atom. The average Bonchev–Trinajstić information content (AvgIpc) is 2.89. The number of hydrogen-bond donors (Lipinski definition) is 2. The number of nitrogens with one attached hydrogen (secondary N) is 2. The summed E-state index contributed by atoms with van der Waals surface area (Å²) in [5.74, 6) is 3.29. The highest BCUT2D eigenvalue weighted by Crippen LogP contribution is 2.22. The van der Waals surface area contributed by atoms with Crippen LogP contribution < -0.4 is 29.6 Å². The summed E-state index contributed by atoms with van der Waals surface area (Å²) in [4.78, 5) is 0. The van der Waals surface area contributed by atoms with Crippen LogP contribution in [0, 0.1) is 0 Å². The number of ether oxygens (including phenoxy) is 4. The topological polar surface area (TPSA) is 61.0 Å². The highest BCUT2D eigenvalue weighted by Gasteiger charge is 2.13. The predicted octanol–water partition coefficient (Wildman–Crippen LogP) is 4.97. The molecule has 0 amide bonds. The molecule has 2 aliphatic heterocycles. The Hall–Kier alpha value is -2.44. The third-order valence-corrected chi connectivity index (χ3v) is 6.53. The van der Waals surface area contributed by atoms with Crippen LogP contribution >= 0.6 is 0 Å². The molecule has 2 aromatic rings. The number of piperidine rings is 2. The summed E-state index contributed by atoms with van der Waals surface area (Å²) in [6, 6.07) is 16.9. The Morgan fingerprint density at radius 1 is 0.559 bits per heavy atom. The van der Waals surface area contributed by atoms with E-state index in [1.807, 2.05) is 48.5 Å². The van der Waals surface area contributed by atoms with Gasteiger partial charge in [-0.2, -0.15) is 0 Å². The maximum absolute atomic E-state index is 5.94. The van der Waals surface area contributed by atoms with Crippen molar-refractivity contribution in [1.82, 2.24) is 10.6 Å². The number of benzene rings is 2. The summed E-state index contributed by atoms with van der Waals surface area (Å²) in [5.41, 5.74) is 0. The molecule has 2 unspecified atom stereocenters. The van der Waals surface area contributed by atoms with Crippen molar-refractivity contribution in [3.05, 3.63) is 48.5 Å². The first-order valence-electron chi connectivity index (χ1n) is 13.0. The molecule has 0 bridgehead atoms. The van der Waals surface area contributed by atoms with E-state index in [0.717, 1.165) is 62.1 Å². The van der Waals surface area contributed by atoms with E-state index in [0.29, 0.717) is 25.3 Å². The summed E-state index contributed by atoms with van der Waals surface area (Å²) in [7, 11) is 0. The Morgan fingerprint density at radius 3 is 1.35 bits per heavy atom. The van der Waals surface area contributed by atoms with E-state index in [9.17, 15) is 0 Å². The van der Waals surface area contributed by atoms with Gasteiger partial charge in [-0.15, -0.1) is 0 Å². The second kappa shape index (κ2) is 14.1. The zero-order valence-corrected chi connectivity index (χ0v) is 20.3. The summed E-state index contributed by atoms with van der Waals surface area (Å²) in [6.45, 7) is 4.64. The lowest BCUT2D eigenvalue weighted by Crippen LogP contribution is -2.35. The van der Waals surface area contributed by atoms with Crippen LogP contribution in [0.4, 0.5) is 0 Å². The molecule has 2 atom stereocenters. The van der Waals surface area contributed by atoms with Crippen LogP contribution in [-0.2, 0) is 0 Å². The van der Waals surface area contributed by atoms with Gasteiger partial charge in [-0.3, -0.25) is 0 Å². The summed E-state index contributed by atoms with van der Waals surface area (Å²) in [6.07, 6.45) is 9.80. The van der Waals surface area contributed by atoms with Gasteiger partial charge in [0.2, 0.25) is 0 Å². The SMILES string of the molecule is c1cc(OCCOc2cccc(OCCC3CCCCN3)c2)cc(OCCC2CCCCN2)c1. The van der Waals surface area contributed by atoms with E-state index >= 15 is 0 Å². The first kappa shape index (κ1) is 24.7. The molecule has 2 aliphatic rings. The van der Waals surface area contributed by atoms with Gasteiger partial charge in [-0.25, -0.2) is 0 Å². The first-order chi connectivity index (χ1) is 16.8. The molecule has 4 rings (SSSR count). The van der Waals surface area contributed by atoms with Gasteiger partial charge in [-0.05, 0) is 75.9 Å². The molecule has 2 N–H and O–H groups in total. The van der Waals surface area contributed by atoms with Gasteiger partial charge in [0.25, 0.3) is 0 Å². The van der Waals surface area contributed by atoms with E-state index < -0.39 is 0 Å². The molecule has 0 spiro atoms. The van der Waals surface area contributed by atoms with Gasteiger partial charge in [0.05, 0.1) is 13.2 Å². The molecular formula is C28H40N2O4. The lowest BCUT2D eigenvalue weighted by molar-refractivity contribution is 0.214. The highest BCUT2D eigenvalue weighted by molar-refractivity contribution is 5.34. The minimum atomic E-state index is 0.466. The van der Waals surface area contributed by atoms with Crippen LogP contribution in [-0.4, -0.2) is 51.6 Å². The second-order valence-corrected chi connectivity index (χ2v) is 9.21. The van der Waals surface area contributed by atoms with Crippen LogP contribution in [0.3, 0.4) is 0 Å². The standard InChI is InChI=1S/C28H40N2O4/c1-3-15-29-23(7-1)13-17-31-25-9-5-11-27(21-25)33-19-20-34-28-12-6-10-26(22-28)32-18-14-24-8-2-4-16-30-24/h5-6,9-12,21-24,29-30H,1-4,7-8,13-20H2. The lowest BCUT2D eigenvalue weighted by atomic mass is 10.0. The summed E-state index contributed by atoms with van der Waals surface area (Å²) < 4.78 is 23.6. The largest absolute Gasteiger partial charge is 0.493 e. The van der Waals surface area contributed by atoms with Crippen molar-refractivity contribution < 1.29 is 18.9 Å². The highest BCUT2D eigenvalue weighted by atomic mass is 16.5. The van der Waals surface area contributed by atoms with Crippen molar-refractivity contribution in [2.45, 2.75) is 63.5 Å². The van der Waals surface area contributed by atoms with E-state index in [1.165, 1.54) is 38.5 Å². The average molecular weight is 469 g/mol. The fourth-order valence-corrected chi connectivity index (χ4v) is 4.61. The Labute approximate surface area is 204 Å². The molecule has 186 valence electrons. The molecule has 34 heavy (non-hydrogen) atoms. The molecule has 0 aromatic heterocycles. The molecule has 0 saturated carbocycles. The quantitative estimate of drug-likeness (QED) is 0.405. The molecule has 6 nitrogen and oxygen atoms in total. The van der Waals surface area contributed by atoms with Crippen LogP contribution in [0.25, 0.3) is 0 Å². The maximum Gasteiger partial charge on any atom is 0.123 e. The van der Waals surface area contributed by atoms with Gasteiger partial charge in [0, 0.05) is 24.2 Å². The van der Waals surface area contributed by atoms with Gasteiger partial charge in [0.1, 0.15) is 36.2 Å². The Balaban J connectivity index is 1.11. The van der Waals surface area contributed by atoms with Crippen molar-refractivity contribution in [2.75, 3.05) is 39.5 Å². The third-order valence-electron chi connectivity index (χ3n) is 6.53. The Bertz CT molecular complexity index is 765. The normalized spacial score (nSPS) is 20.5. The van der Waals surface area contributed by atoms with Crippen LogP contribution in [0.1, 0.15) is 51.4 Å². The van der Waals surface area contributed by atoms with Crippen molar-refractivity contribution in [2.24, 2.45) is 0 Å². The molecular weight excluding hydrogens is 428 g/mol. The van der Waals surface area contributed by atoms with Gasteiger partial charge < -0.3 is 29.6 Å². The summed E-state index contributed by atoms with van der Waals surface area (Å²) >= 11 is 0. The zero-order valence-electron chi connectivity index (χ0n) is 20.3. The minimum Gasteiger partial charge on any atom is -0.493 e. The zero-order chi connectivity index (χ0) is 23.3. The van der Waals surface area contributed by atoms with Gasteiger partial charge >= 0.3 is 0 Å². The molecule has 2 aromatic carbocycles. The monoisotopic (exact) mass is 468 g/mol. The number of rotatable bonds is 13. The van der Waals surface area contributed by atoms with Crippen molar-refractivity contribution in [3.8, 4) is 23.0 Å². The first-order valence-corrected chi connectivity index (χ1v) is 13.0. The molecule has 0 radical (unpaired) electrons. The van der Waals surface area contributed by atoms with Crippen molar-refractivity contribution >= 4 is 0 Å². The molecule has 2 saturated heterocycles. The molecule has 6 heteroatoms. The van der Waals surface area contributed by atoms with E-state index in [2.05, 4.69) is 10.6 Å². The predicted molar refractivity (Wildman–Crippen MR) is 135 cm³/mol. The van der Waals surface area contributed by atoms with Crippen LogP contribution in [0.2, 0.25) is 0 Å². The third kappa shape index (κ3) is 8.73. The fraction of sp³-hybridized carbons (Fsp3) is 0.571. The maximum atomic E-state index is 5.94. The lowest BCUT2D eigenvalue weighted by Gasteiger charge is -2.23. The minimum absolute atomic E-state index is 0.466. The van der Waals surface area contributed by atoms with Gasteiger partial charge in [-0.1, -0.05) is 25.0 Å². The van der Waals surface area contributed by atoms with Crippen LogP contribution in [0.15, 0.2) is 48.5 Å². The molecule has 2 heterocycles. The van der Waals surface area contributed by atoms with E-state index in [-0.39, 0.29) is 0 Å². The second-order valence-electron chi connectivity index (χ2n) is 9.21. The fourth-order valence-electron chi connectivity index (χ4n) is 4.61. The van der Waals surface area contributed by atoms with Crippen molar-refractivity contribution in [3.63, 3.8) is 0 Å². The van der Waals surface area contributed by atoms with Gasteiger partial charge in [0.15, 0.2) is 0 Å². The van der Waals surface area contributed by atoms with E-state index in [1.54, 1.807) is 0 Å².